The van der Waals surface area contributed by atoms with Crippen LogP contribution in [-0.4, -0.2) is 33.6 Å². The maximum absolute atomic E-state index is 12.6. The Kier molecular flexibility index (Phi) is 5.02. The lowest BCUT2D eigenvalue weighted by Gasteiger charge is -2.20. The summed E-state index contributed by atoms with van der Waals surface area (Å²) in [6.07, 6.45) is 1.57. The van der Waals surface area contributed by atoms with Gasteiger partial charge in [0.25, 0.3) is 5.91 Å². The van der Waals surface area contributed by atoms with E-state index >= 15 is 0 Å². The molecule has 0 fully saturated rings. The molecule has 28 heavy (non-hydrogen) atoms. The molecule has 8 heteroatoms. The first-order chi connectivity index (χ1) is 13.6. The van der Waals surface area contributed by atoms with Gasteiger partial charge < -0.3 is 4.74 Å². The molecule has 2 heterocycles. The zero-order chi connectivity index (χ0) is 19.7. The van der Waals surface area contributed by atoms with Gasteiger partial charge in [-0.15, -0.1) is 0 Å². The smallest absolute Gasteiger partial charge is 0.283 e. The van der Waals surface area contributed by atoms with E-state index in [1.165, 1.54) is 16.8 Å². The quantitative estimate of drug-likeness (QED) is 0.757. The maximum atomic E-state index is 12.6. The number of rotatable bonds is 4. The summed E-state index contributed by atoms with van der Waals surface area (Å²) in [5.41, 5.74) is 1.65. The molecule has 4 rings (SSSR count). The van der Waals surface area contributed by atoms with Gasteiger partial charge in [-0.05, 0) is 43.0 Å². The minimum absolute atomic E-state index is 0.0316. The van der Waals surface area contributed by atoms with E-state index in [0.29, 0.717) is 33.2 Å². The Labute approximate surface area is 171 Å². The molecular weight excluding hydrogens is 396 g/mol. The minimum Gasteiger partial charge on any atom is -0.493 e. The number of nitrogens with one attached hydrogen (secondary N) is 1. The summed E-state index contributed by atoms with van der Waals surface area (Å²) in [5.74, 6) is 0.0607. The molecule has 2 aromatic carbocycles. The summed E-state index contributed by atoms with van der Waals surface area (Å²) in [4.78, 5) is 16.7. The predicted octanol–water partition coefficient (Wildman–Crippen LogP) is 4.41. The van der Waals surface area contributed by atoms with E-state index in [-0.39, 0.29) is 11.4 Å². The van der Waals surface area contributed by atoms with Crippen LogP contribution in [0.1, 0.15) is 18.1 Å². The lowest BCUT2D eigenvalue weighted by atomic mass is 10.1. The second kappa shape index (κ2) is 7.61. The predicted molar refractivity (Wildman–Crippen MR) is 113 cm³/mol. The summed E-state index contributed by atoms with van der Waals surface area (Å²) >= 11 is 7.37. The van der Waals surface area contributed by atoms with Gasteiger partial charge in [-0.3, -0.25) is 10.2 Å². The van der Waals surface area contributed by atoms with E-state index in [0.717, 1.165) is 5.56 Å². The van der Waals surface area contributed by atoms with Crippen molar-refractivity contribution in [1.29, 1.82) is 5.41 Å². The number of ether oxygens (including phenoxy) is 1. The van der Waals surface area contributed by atoms with Gasteiger partial charge in [-0.2, -0.15) is 15.1 Å². The number of nitrogens with zero attached hydrogens (tertiary/aromatic N) is 3. The van der Waals surface area contributed by atoms with Crippen LogP contribution in [0.15, 0.2) is 64.2 Å². The van der Waals surface area contributed by atoms with Crippen molar-refractivity contribution in [3.05, 3.63) is 70.3 Å². The molecule has 1 amide bonds. The molecule has 2 aliphatic rings. The van der Waals surface area contributed by atoms with Crippen molar-refractivity contribution in [3.8, 4) is 5.75 Å². The maximum Gasteiger partial charge on any atom is 0.283 e. The van der Waals surface area contributed by atoms with Crippen LogP contribution in [0, 0.1) is 5.41 Å². The topological polar surface area (TPSA) is 78.1 Å². The van der Waals surface area contributed by atoms with Crippen molar-refractivity contribution < 1.29 is 9.53 Å². The van der Waals surface area contributed by atoms with E-state index in [2.05, 4.69) is 10.1 Å². The standard InChI is InChI=1S/C20H15ClN4O2S/c1-2-27-16-9-8-14(21)10-13(16)11-15-17(22)25-20(23-18(15)26)28-19(24-25)12-6-4-3-5-7-12/h3-11,22H,2H2,1H3. The van der Waals surface area contributed by atoms with Gasteiger partial charge in [0, 0.05) is 16.1 Å². The van der Waals surface area contributed by atoms with Gasteiger partial charge in [0.05, 0.1) is 12.2 Å². The van der Waals surface area contributed by atoms with Gasteiger partial charge in [0.1, 0.15) is 10.8 Å². The Morgan fingerprint density at radius 1 is 1.25 bits per heavy atom. The summed E-state index contributed by atoms with van der Waals surface area (Å²) in [7, 11) is 0. The van der Waals surface area contributed by atoms with E-state index < -0.39 is 5.91 Å². The first-order valence-corrected chi connectivity index (χ1v) is 9.74. The Morgan fingerprint density at radius 3 is 2.79 bits per heavy atom. The third-order valence-electron chi connectivity index (χ3n) is 4.05. The van der Waals surface area contributed by atoms with E-state index in [1.807, 2.05) is 37.3 Å². The summed E-state index contributed by atoms with van der Waals surface area (Å²) in [5, 5.41) is 15.9. The molecule has 0 saturated heterocycles. The molecule has 0 aromatic heterocycles. The van der Waals surface area contributed by atoms with E-state index in [1.54, 1.807) is 24.3 Å². The van der Waals surface area contributed by atoms with Gasteiger partial charge in [0.2, 0.25) is 5.17 Å². The molecule has 140 valence electrons. The van der Waals surface area contributed by atoms with Gasteiger partial charge in [0.15, 0.2) is 5.84 Å². The van der Waals surface area contributed by atoms with Crippen molar-refractivity contribution in [1.82, 2.24) is 5.01 Å². The fourth-order valence-electron chi connectivity index (χ4n) is 2.76. The third-order valence-corrected chi connectivity index (χ3v) is 5.24. The van der Waals surface area contributed by atoms with E-state index in [4.69, 9.17) is 21.7 Å². The molecule has 6 nitrogen and oxygen atoms in total. The van der Waals surface area contributed by atoms with Crippen LogP contribution in [0.4, 0.5) is 0 Å². The molecule has 0 aliphatic carbocycles. The van der Waals surface area contributed by atoms with Crippen LogP contribution in [0.5, 0.6) is 5.75 Å². The molecule has 1 N–H and O–H groups in total. The van der Waals surface area contributed by atoms with Crippen molar-refractivity contribution in [2.75, 3.05) is 6.61 Å². The number of thioether (sulfide) groups is 1. The molecule has 0 saturated carbocycles. The molecule has 2 aliphatic heterocycles. The number of fused-ring (bicyclic) bond motifs is 1. The lowest BCUT2D eigenvalue weighted by Crippen LogP contribution is -2.35. The largest absolute Gasteiger partial charge is 0.493 e. The van der Waals surface area contributed by atoms with Crippen LogP contribution in [-0.2, 0) is 4.79 Å². The second-order valence-electron chi connectivity index (χ2n) is 5.91. The lowest BCUT2D eigenvalue weighted by molar-refractivity contribution is -0.114. The number of halogens is 1. The monoisotopic (exact) mass is 410 g/mol. The van der Waals surface area contributed by atoms with Gasteiger partial charge in [-0.25, -0.2) is 0 Å². The Bertz CT molecular complexity index is 1060. The first kappa shape index (κ1) is 18.5. The number of hydrogen-bond acceptors (Lipinski definition) is 5. The zero-order valence-electron chi connectivity index (χ0n) is 14.8. The van der Waals surface area contributed by atoms with Crippen molar-refractivity contribution >= 4 is 51.4 Å². The number of carbonyl (C=O) groups excluding carboxylic acids is 1. The fourth-order valence-corrected chi connectivity index (χ4v) is 3.84. The highest BCUT2D eigenvalue weighted by Gasteiger charge is 2.36. The van der Waals surface area contributed by atoms with Crippen LogP contribution >= 0.6 is 23.4 Å². The molecule has 0 unspecified atom stereocenters. The molecule has 0 spiro atoms. The average molecular weight is 411 g/mol. The van der Waals surface area contributed by atoms with Gasteiger partial charge in [-0.1, -0.05) is 41.9 Å². The number of hydrogen-bond donors (Lipinski definition) is 1. The summed E-state index contributed by atoms with van der Waals surface area (Å²) in [6.45, 7) is 2.34. The van der Waals surface area contributed by atoms with Crippen molar-refractivity contribution in [2.24, 2.45) is 10.1 Å². The van der Waals surface area contributed by atoms with Crippen LogP contribution < -0.4 is 4.74 Å². The molecule has 0 bridgehead atoms. The van der Waals surface area contributed by atoms with Crippen molar-refractivity contribution in [2.45, 2.75) is 6.92 Å². The molecular formula is C20H15ClN4O2S. The highest BCUT2D eigenvalue weighted by Crippen LogP contribution is 2.32. The van der Waals surface area contributed by atoms with Crippen molar-refractivity contribution in [3.63, 3.8) is 0 Å². The van der Waals surface area contributed by atoms with Gasteiger partial charge >= 0.3 is 0 Å². The SMILES string of the molecule is CCOc1ccc(Cl)cc1C=C1C(=N)N2N=C(c3ccccc3)SC2=NC1=O. The number of benzene rings is 2. The third kappa shape index (κ3) is 3.46. The molecule has 0 radical (unpaired) electrons. The Balaban J connectivity index is 1.72. The minimum atomic E-state index is -0.490. The number of amidine groups is 2. The fraction of sp³-hybridized carbons (Fsp3) is 0.100. The van der Waals surface area contributed by atoms with E-state index in [9.17, 15) is 4.79 Å². The van der Waals surface area contributed by atoms with Crippen LogP contribution in [0.25, 0.3) is 6.08 Å². The molecule has 0 atom stereocenters. The molecule has 2 aromatic rings. The van der Waals surface area contributed by atoms with Crippen LogP contribution in [0.3, 0.4) is 0 Å². The number of hydrazone groups is 1. The number of carbonyl (C=O) groups is 1. The van der Waals surface area contributed by atoms with Crippen LogP contribution in [0.2, 0.25) is 5.02 Å². The Hall–Kier alpha value is -2.90. The number of amides is 1. The summed E-state index contributed by atoms with van der Waals surface area (Å²) < 4.78 is 5.60. The highest BCUT2D eigenvalue weighted by atomic mass is 35.5. The zero-order valence-corrected chi connectivity index (χ0v) is 16.4. The second-order valence-corrected chi connectivity index (χ2v) is 7.30. The Morgan fingerprint density at radius 2 is 2.04 bits per heavy atom. The highest BCUT2D eigenvalue weighted by molar-refractivity contribution is 8.27. The first-order valence-electron chi connectivity index (χ1n) is 8.55. The average Bonchev–Trinajstić information content (AvgIpc) is 3.12. The normalized spacial score (nSPS) is 17.5. The summed E-state index contributed by atoms with van der Waals surface area (Å²) in [6, 6.07) is 14.7. The number of aliphatic imine (C=N–C) groups is 1.